The highest BCUT2D eigenvalue weighted by Crippen LogP contribution is 2.38. The van der Waals surface area contributed by atoms with Crippen LogP contribution >= 0.6 is 0 Å². The average Bonchev–Trinajstić information content (AvgIpc) is 2.61. The highest BCUT2D eigenvalue weighted by Gasteiger charge is 2.15. The van der Waals surface area contributed by atoms with Crippen molar-refractivity contribution < 1.29 is 14.2 Å². The summed E-state index contributed by atoms with van der Waals surface area (Å²) >= 11 is 0. The van der Waals surface area contributed by atoms with Gasteiger partial charge in [0.2, 0.25) is 5.75 Å². The van der Waals surface area contributed by atoms with Gasteiger partial charge in [0.1, 0.15) is 5.82 Å². The van der Waals surface area contributed by atoms with E-state index in [-0.39, 0.29) is 0 Å². The van der Waals surface area contributed by atoms with E-state index in [9.17, 15) is 0 Å². The van der Waals surface area contributed by atoms with Crippen molar-refractivity contribution in [2.75, 3.05) is 32.8 Å². The topological polar surface area (TPSA) is 43.8 Å². The van der Waals surface area contributed by atoms with E-state index in [1.165, 1.54) is 0 Å². The van der Waals surface area contributed by atoms with Crippen molar-refractivity contribution in [3.63, 3.8) is 0 Å². The van der Waals surface area contributed by atoms with Crippen LogP contribution in [0.5, 0.6) is 17.2 Å². The predicted octanol–water partition coefficient (Wildman–Crippen LogP) is 3.52. The maximum Gasteiger partial charge on any atom is 0.203 e. The Morgan fingerprint density at radius 2 is 1.70 bits per heavy atom. The monoisotopic (exact) mass is 316 g/mol. The summed E-state index contributed by atoms with van der Waals surface area (Å²) in [6.45, 7) is 3.81. The fourth-order valence-electron chi connectivity index (χ4n) is 2.53. The van der Waals surface area contributed by atoms with Crippen LogP contribution in [0.3, 0.4) is 0 Å². The van der Waals surface area contributed by atoms with E-state index >= 15 is 0 Å². The molecule has 0 atom stereocenters. The summed E-state index contributed by atoms with van der Waals surface area (Å²) in [5.41, 5.74) is 1.08. The number of hydrogen-bond donors (Lipinski definition) is 0. The number of hydrogen-bond acceptors (Lipinski definition) is 5. The summed E-state index contributed by atoms with van der Waals surface area (Å²) < 4.78 is 16.2. The van der Waals surface area contributed by atoms with Crippen LogP contribution in [0.4, 0.5) is 5.82 Å². The third kappa shape index (κ3) is 4.06. The number of pyridine rings is 1. The van der Waals surface area contributed by atoms with Crippen LogP contribution in [0.1, 0.15) is 18.9 Å². The van der Waals surface area contributed by atoms with Crippen LogP contribution in [0.15, 0.2) is 36.5 Å². The SMILES string of the molecule is CCCN(Cc1cc(OC)c(OC)c(OC)c1)c1ccccn1. The van der Waals surface area contributed by atoms with Gasteiger partial charge in [-0.3, -0.25) is 0 Å². The molecule has 0 aliphatic heterocycles. The van der Waals surface area contributed by atoms with Crippen LogP contribution in [0.25, 0.3) is 0 Å². The second kappa shape index (κ2) is 8.27. The van der Waals surface area contributed by atoms with Crippen molar-refractivity contribution in [3.05, 3.63) is 42.1 Å². The number of benzene rings is 1. The first-order valence-electron chi connectivity index (χ1n) is 7.68. The normalized spacial score (nSPS) is 10.3. The molecule has 2 rings (SSSR count). The highest BCUT2D eigenvalue weighted by atomic mass is 16.5. The van der Waals surface area contributed by atoms with Gasteiger partial charge in [-0.05, 0) is 36.2 Å². The molecule has 1 aromatic carbocycles. The summed E-state index contributed by atoms with van der Waals surface area (Å²) in [5, 5.41) is 0. The highest BCUT2D eigenvalue weighted by molar-refractivity contribution is 5.54. The van der Waals surface area contributed by atoms with Crippen molar-refractivity contribution in [2.24, 2.45) is 0 Å². The molecule has 124 valence electrons. The maximum absolute atomic E-state index is 5.43. The molecule has 0 aliphatic carbocycles. The Labute approximate surface area is 137 Å². The van der Waals surface area contributed by atoms with Gasteiger partial charge >= 0.3 is 0 Å². The molecule has 1 aromatic heterocycles. The van der Waals surface area contributed by atoms with Crippen molar-refractivity contribution >= 4 is 5.82 Å². The molecule has 0 aliphatic rings. The van der Waals surface area contributed by atoms with Gasteiger partial charge < -0.3 is 19.1 Å². The predicted molar refractivity (Wildman–Crippen MR) is 91.7 cm³/mol. The minimum absolute atomic E-state index is 0.610. The van der Waals surface area contributed by atoms with E-state index < -0.39 is 0 Å². The fraction of sp³-hybridized carbons (Fsp3) is 0.389. The molecule has 2 aromatic rings. The molecule has 0 saturated heterocycles. The Kier molecular flexibility index (Phi) is 6.09. The molecule has 0 amide bonds. The number of anilines is 1. The van der Waals surface area contributed by atoms with Gasteiger partial charge in [-0.2, -0.15) is 0 Å². The lowest BCUT2D eigenvalue weighted by Gasteiger charge is -2.24. The largest absolute Gasteiger partial charge is 0.493 e. The average molecular weight is 316 g/mol. The van der Waals surface area contributed by atoms with E-state index in [2.05, 4.69) is 16.8 Å². The zero-order valence-electron chi connectivity index (χ0n) is 14.2. The zero-order chi connectivity index (χ0) is 16.7. The molecular formula is C18H24N2O3. The van der Waals surface area contributed by atoms with Crippen molar-refractivity contribution in [3.8, 4) is 17.2 Å². The molecule has 0 saturated carbocycles. The molecule has 1 heterocycles. The number of aromatic nitrogens is 1. The number of nitrogens with zero attached hydrogens (tertiary/aromatic N) is 2. The molecular weight excluding hydrogens is 292 g/mol. The quantitative estimate of drug-likeness (QED) is 0.745. The van der Waals surface area contributed by atoms with Crippen LogP contribution in [0, 0.1) is 0 Å². The Bertz CT molecular complexity index is 592. The Morgan fingerprint density at radius 1 is 1.00 bits per heavy atom. The lowest BCUT2D eigenvalue weighted by Crippen LogP contribution is -2.24. The standard InChI is InChI=1S/C18H24N2O3/c1-5-10-20(17-8-6-7-9-19-17)13-14-11-15(21-2)18(23-4)16(12-14)22-3/h6-9,11-12H,5,10,13H2,1-4H3. The fourth-order valence-corrected chi connectivity index (χ4v) is 2.53. The first kappa shape index (κ1) is 16.9. The first-order valence-corrected chi connectivity index (χ1v) is 7.68. The van der Waals surface area contributed by atoms with Crippen LogP contribution in [0.2, 0.25) is 0 Å². The first-order chi connectivity index (χ1) is 11.2. The summed E-state index contributed by atoms with van der Waals surface area (Å²) in [6.07, 6.45) is 2.86. The van der Waals surface area contributed by atoms with Crippen molar-refractivity contribution in [2.45, 2.75) is 19.9 Å². The number of rotatable bonds is 8. The van der Waals surface area contributed by atoms with Gasteiger partial charge in [0, 0.05) is 19.3 Å². The molecule has 0 N–H and O–H groups in total. The molecule has 23 heavy (non-hydrogen) atoms. The second-order valence-corrected chi connectivity index (χ2v) is 5.14. The van der Waals surface area contributed by atoms with Gasteiger partial charge in [-0.15, -0.1) is 0 Å². The van der Waals surface area contributed by atoms with Crippen LogP contribution < -0.4 is 19.1 Å². The smallest absolute Gasteiger partial charge is 0.203 e. The van der Waals surface area contributed by atoms with E-state index in [0.29, 0.717) is 17.2 Å². The molecule has 0 unspecified atom stereocenters. The summed E-state index contributed by atoms with van der Waals surface area (Å²) in [4.78, 5) is 6.69. The summed E-state index contributed by atoms with van der Waals surface area (Å²) in [7, 11) is 4.87. The van der Waals surface area contributed by atoms with Crippen molar-refractivity contribution in [1.82, 2.24) is 4.98 Å². The maximum atomic E-state index is 5.43. The third-order valence-corrected chi connectivity index (χ3v) is 3.56. The van der Waals surface area contributed by atoms with E-state index in [1.54, 1.807) is 21.3 Å². The molecule has 0 fully saturated rings. The van der Waals surface area contributed by atoms with E-state index in [1.807, 2.05) is 36.5 Å². The van der Waals surface area contributed by atoms with Gasteiger partial charge in [0.05, 0.1) is 21.3 Å². The Morgan fingerprint density at radius 3 is 2.17 bits per heavy atom. The minimum Gasteiger partial charge on any atom is -0.493 e. The van der Waals surface area contributed by atoms with E-state index in [0.717, 1.165) is 30.9 Å². The Hall–Kier alpha value is -2.43. The zero-order valence-corrected chi connectivity index (χ0v) is 14.2. The van der Waals surface area contributed by atoms with Crippen molar-refractivity contribution in [1.29, 1.82) is 0 Å². The molecule has 0 bridgehead atoms. The molecule has 0 radical (unpaired) electrons. The molecule has 5 nitrogen and oxygen atoms in total. The van der Waals surface area contributed by atoms with Gasteiger partial charge in [-0.25, -0.2) is 4.98 Å². The number of ether oxygens (including phenoxy) is 3. The summed E-state index contributed by atoms with van der Waals surface area (Å²) in [6, 6.07) is 9.90. The van der Waals surface area contributed by atoms with E-state index in [4.69, 9.17) is 14.2 Å². The lowest BCUT2D eigenvalue weighted by atomic mass is 10.1. The van der Waals surface area contributed by atoms with Crippen LogP contribution in [-0.2, 0) is 6.54 Å². The second-order valence-electron chi connectivity index (χ2n) is 5.14. The summed E-state index contributed by atoms with van der Waals surface area (Å²) in [5.74, 6) is 2.90. The Balaban J connectivity index is 2.33. The lowest BCUT2D eigenvalue weighted by molar-refractivity contribution is 0.323. The van der Waals surface area contributed by atoms with Gasteiger partial charge in [-0.1, -0.05) is 13.0 Å². The third-order valence-electron chi connectivity index (χ3n) is 3.56. The van der Waals surface area contributed by atoms with Gasteiger partial charge in [0.15, 0.2) is 11.5 Å². The van der Waals surface area contributed by atoms with Crippen LogP contribution in [-0.4, -0.2) is 32.9 Å². The number of methoxy groups -OCH3 is 3. The molecule has 0 spiro atoms. The minimum atomic E-state index is 0.610. The van der Waals surface area contributed by atoms with Gasteiger partial charge in [0.25, 0.3) is 0 Å². The molecule has 5 heteroatoms.